The van der Waals surface area contributed by atoms with E-state index in [1.54, 1.807) is 0 Å². The van der Waals surface area contributed by atoms with Gasteiger partial charge in [-0.3, -0.25) is 0 Å². The third-order valence-electron chi connectivity index (χ3n) is 0.316. The highest BCUT2D eigenvalue weighted by Crippen LogP contribution is 2.21. The van der Waals surface area contributed by atoms with Gasteiger partial charge in [0.25, 0.3) is 0 Å². The van der Waals surface area contributed by atoms with Crippen LogP contribution in [0.4, 0.5) is 0 Å². The molecule has 0 nitrogen and oxygen atoms in total. The van der Waals surface area contributed by atoms with Crippen molar-refractivity contribution >= 4 is 37.2 Å². The molecule has 0 atom stereocenters. The first-order valence-corrected chi connectivity index (χ1v) is 5.11. The van der Waals surface area contributed by atoms with Gasteiger partial charge in [0.15, 0.2) is 0 Å². The zero-order valence-corrected chi connectivity index (χ0v) is 6.19. The average molecular weight is 140 g/mol. The Hall–Kier alpha value is 0.920. The van der Waals surface area contributed by atoms with Gasteiger partial charge >= 0.3 is 0 Å². The summed E-state index contributed by atoms with van der Waals surface area (Å²) in [6.07, 6.45) is 1.07. The van der Waals surface area contributed by atoms with Crippen molar-refractivity contribution in [1.29, 1.82) is 0 Å². The summed E-state index contributed by atoms with van der Waals surface area (Å²) in [5, 5.41) is 2.05. The minimum absolute atomic E-state index is 0.0517. The van der Waals surface area contributed by atoms with Gasteiger partial charge in [-0.2, -0.15) is 0 Å². The Kier molecular flexibility index (Phi) is 4.72. The van der Waals surface area contributed by atoms with Gasteiger partial charge in [0.2, 0.25) is 0 Å². The molecule has 0 heterocycles. The SMILES string of the molecule is CCC=S(S)S. The van der Waals surface area contributed by atoms with Crippen LogP contribution in [0.25, 0.3) is 0 Å². The molecule has 38 valence electrons. The number of rotatable bonds is 1. The highest BCUT2D eigenvalue weighted by atomic mass is 33.5. The molecule has 0 unspecified atom stereocenters. The van der Waals surface area contributed by atoms with Gasteiger partial charge < -0.3 is 0 Å². The third-order valence-corrected chi connectivity index (χ3v) is 1.84. The summed E-state index contributed by atoms with van der Waals surface area (Å²) in [6.45, 7) is 2.08. The molecular weight excluding hydrogens is 132 g/mol. The average Bonchev–Trinajstić information content (AvgIpc) is 1.35. The molecule has 0 amide bonds. The molecule has 0 aromatic heterocycles. The van der Waals surface area contributed by atoms with Crippen LogP contribution < -0.4 is 0 Å². The van der Waals surface area contributed by atoms with E-state index >= 15 is 0 Å². The van der Waals surface area contributed by atoms with Crippen LogP contribution in [0.5, 0.6) is 0 Å². The van der Waals surface area contributed by atoms with Crippen molar-refractivity contribution in [2.75, 3.05) is 0 Å². The highest BCUT2D eigenvalue weighted by Gasteiger charge is 1.67. The molecule has 0 aromatic carbocycles. The molecule has 0 spiro atoms. The van der Waals surface area contributed by atoms with Crippen molar-refractivity contribution < 1.29 is 0 Å². The molecular formula is C3H8S3. The van der Waals surface area contributed by atoms with Gasteiger partial charge in [0, 0.05) is 0 Å². The van der Waals surface area contributed by atoms with Gasteiger partial charge in [-0.1, -0.05) is 15.5 Å². The van der Waals surface area contributed by atoms with E-state index in [1.807, 2.05) is 5.37 Å². The molecule has 0 radical (unpaired) electrons. The van der Waals surface area contributed by atoms with E-state index in [4.69, 9.17) is 0 Å². The summed E-state index contributed by atoms with van der Waals surface area (Å²) in [6, 6.07) is 0. The molecule has 0 saturated carbocycles. The lowest BCUT2D eigenvalue weighted by Crippen LogP contribution is -1.56. The van der Waals surface area contributed by atoms with E-state index in [0.717, 1.165) is 6.42 Å². The molecule has 0 rings (SSSR count). The Morgan fingerprint density at radius 1 is 1.67 bits per heavy atom. The van der Waals surface area contributed by atoms with Crippen LogP contribution in [0.3, 0.4) is 0 Å². The lowest BCUT2D eigenvalue weighted by atomic mass is 10.6. The predicted molar refractivity (Wildman–Crippen MR) is 41.9 cm³/mol. The number of thiol groups is 2. The van der Waals surface area contributed by atoms with E-state index < -0.39 is 0 Å². The second-order valence-corrected chi connectivity index (χ2v) is 5.01. The summed E-state index contributed by atoms with van der Waals surface area (Å²) < 4.78 is 0. The summed E-state index contributed by atoms with van der Waals surface area (Å²) in [5.74, 6) is 0. The highest BCUT2D eigenvalue weighted by molar-refractivity contribution is 9.07. The van der Waals surface area contributed by atoms with Gasteiger partial charge in [-0.15, -0.1) is 23.3 Å². The fourth-order valence-electron chi connectivity index (χ4n) is 0.149. The Bertz CT molecular complexity index is 53.1. The smallest absolute Gasteiger partial charge is 0.0308 e. The van der Waals surface area contributed by atoms with Crippen LogP contribution in [0.1, 0.15) is 13.3 Å². The molecule has 3 heteroatoms. The summed E-state index contributed by atoms with van der Waals surface area (Å²) >= 11 is 8.03. The monoisotopic (exact) mass is 140 g/mol. The molecule has 0 aromatic rings. The van der Waals surface area contributed by atoms with E-state index in [-0.39, 0.29) is 8.55 Å². The number of hydrogen-bond donors (Lipinski definition) is 2. The lowest BCUT2D eigenvalue weighted by Gasteiger charge is -1.80. The third kappa shape index (κ3) is 4.92. The van der Waals surface area contributed by atoms with Crippen molar-refractivity contribution in [2.45, 2.75) is 13.3 Å². The minimum Gasteiger partial charge on any atom is -0.108 e. The van der Waals surface area contributed by atoms with E-state index in [1.165, 1.54) is 0 Å². The summed E-state index contributed by atoms with van der Waals surface area (Å²) in [7, 11) is -0.0517. The van der Waals surface area contributed by atoms with Crippen LogP contribution >= 0.6 is 31.9 Å². The Morgan fingerprint density at radius 3 is 2.17 bits per heavy atom. The first-order chi connectivity index (χ1) is 2.77. The van der Waals surface area contributed by atoms with Crippen LogP contribution in [-0.4, -0.2) is 5.37 Å². The zero-order valence-electron chi connectivity index (χ0n) is 3.59. The second kappa shape index (κ2) is 4.09. The van der Waals surface area contributed by atoms with Gasteiger partial charge in [-0.25, -0.2) is 0 Å². The Balaban J connectivity index is 3.14. The quantitative estimate of drug-likeness (QED) is 0.311. The van der Waals surface area contributed by atoms with Gasteiger partial charge in [0.05, 0.1) is 0 Å². The molecule has 0 bridgehead atoms. The van der Waals surface area contributed by atoms with Crippen LogP contribution in [0.2, 0.25) is 0 Å². The molecule has 0 aliphatic heterocycles. The predicted octanol–water partition coefficient (Wildman–Crippen LogP) is 2.16. The fourth-order valence-corrected chi connectivity index (χ4v) is 1.34. The maximum absolute atomic E-state index is 4.01. The largest absolute Gasteiger partial charge is 0.108 e. The zero-order chi connectivity index (χ0) is 4.99. The van der Waals surface area contributed by atoms with Crippen LogP contribution in [0.15, 0.2) is 0 Å². The molecule has 0 aliphatic carbocycles. The lowest BCUT2D eigenvalue weighted by molar-refractivity contribution is 1.35. The van der Waals surface area contributed by atoms with Crippen molar-refractivity contribution in [3.05, 3.63) is 0 Å². The second-order valence-electron chi connectivity index (χ2n) is 0.867. The molecule has 0 aliphatic rings. The molecule has 0 saturated heterocycles. The fraction of sp³-hybridized carbons (Fsp3) is 0.667. The normalized spacial score (nSPS) is 9.33. The van der Waals surface area contributed by atoms with Gasteiger partial charge in [-0.05, 0) is 11.8 Å². The van der Waals surface area contributed by atoms with E-state index in [0.29, 0.717) is 0 Å². The van der Waals surface area contributed by atoms with Crippen molar-refractivity contribution in [2.24, 2.45) is 0 Å². The van der Waals surface area contributed by atoms with Crippen molar-refractivity contribution in [1.82, 2.24) is 0 Å². The standard InChI is InChI=1S/C3H8S3/c1-2-3-6(4)5/h3-5H,2H2,1H3. The number of hydrogen-bond acceptors (Lipinski definition) is 2. The Labute approximate surface area is 50.9 Å². The first kappa shape index (κ1) is 6.92. The van der Waals surface area contributed by atoms with E-state index in [2.05, 4.69) is 30.2 Å². The minimum atomic E-state index is -0.0517. The van der Waals surface area contributed by atoms with Gasteiger partial charge in [0.1, 0.15) is 0 Å². The summed E-state index contributed by atoms with van der Waals surface area (Å²) in [5.41, 5.74) is 0. The molecule has 0 fully saturated rings. The van der Waals surface area contributed by atoms with Crippen molar-refractivity contribution in [3.63, 3.8) is 0 Å². The Morgan fingerprint density at radius 2 is 2.17 bits per heavy atom. The maximum atomic E-state index is 4.01. The topological polar surface area (TPSA) is 0 Å². The van der Waals surface area contributed by atoms with Crippen LogP contribution in [-0.2, 0) is 0 Å². The molecule has 6 heavy (non-hydrogen) atoms. The van der Waals surface area contributed by atoms with E-state index in [9.17, 15) is 0 Å². The first-order valence-electron chi connectivity index (χ1n) is 1.72. The maximum Gasteiger partial charge on any atom is -0.0308 e. The van der Waals surface area contributed by atoms with Crippen molar-refractivity contribution in [3.8, 4) is 0 Å². The van der Waals surface area contributed by atoms with Crippen LogP contribution in [0, 0.1) is 0 Å². The molecule has 0 N–H and O–H groups in total. The summed E-state index contributed by atoms with van der Waals surface area (Å²) in [4.78, 5) is 0.